The lowest BCUT2D eigenvalue weighted by Crippen LogP contribution is -2.33. The lowest BCUT2D eigenvalue weighted by Gasteiger charge is -2.27. The van der Waals surface area contributed by atoms with Gasteiger partial charge in [-0.25, -0.2) is 0 Å². The summed E-state index contributed by atoms with van der Waals surface area (Å²) < 4.78 is 5.25. The molecule has 13 heavy (non-hydrogen) atoms. The second-order valence-electron chi connectivity index (χ2n) is 3.08. The number of ether oxygens (including phenoxy) is 1. The molecule has 3 heteroatoms. The summed E-state index contributed by atoms with van der Waals surface area (Å²) in [5.74, 6) is 3.34. The van der Waals surface area contributed by atoms with Crippen molar-refractivity contribution in [2.75, 3.05) is 23.9 Å². The molecule has 0 atom stereocenters. The van der Waals surface area contributed by atoms with Crippen molar-refractivity contribution in [3.8, 4) is 5.75 Å². The normalized spacial score (nSPS) is 16.4. The molecule has 0 spiro atoms. The summed E-state index contributed by atoms with van der Waals surface area (Å²) in [5, 5.41) is 3.45. The van der Waals surface area contributed by atoms with Gasteiger partial charge >= 0.3 is 0 Å². The van der Waals surface area contributed by atoms with E-state index in [1.165, 1.54) is 11.5 Å². The van der Waals surface area contributed by atoms with Gasteiger partial charge in [-0.05, 0) is 12.1 Å². The smallest absolute Gasteiger partial charge is 0.141 e. The monoisotopic (exact) mass is 195 g/mol. The molecule has 0 radical (unpaired) electrons. The maximum Gasteiger partial charge on any atom is 0.141 e. The fourth-order valence-corrected chi connectivity index (χ4v) is 1.94. The Morgan fingerprint density at radius 2 is 2.15 bits per heavy atom. The van der Waals surface area contributed by atoms with E-state index < -0.39 is 0 Å². The molecule has 0 bridgehead atoms. The van der Waals surface area contributed by atoms with E-state index in [0.29, 0.717) is 6.04 Å². The van der Waals surface area contributed by atoms with Gasteiger partial charge < -0.3 is 10.1 Å². The summed E-state index contributed by atoms with van der Waals surface area (Å²) in [6.45, 7) is 0. The fourth-order valence-electron chi connectivity index (χ4n) is 1.30. The Morgan fingerprint density at radius 3 is 2.77 bits per heavy atom. The van der Waals surface area contributed by atoms with Gasteiger partial charge in [-0.1, -0.05) is 12.1 Å². The van der Waals surface area contributed by atoms with E-state index in [4.69, 9.17) is 4.74 Å². The summed E-state index contributed by atoms with van der Waals surface area (Å²) >= 11 is 1.97. The van der Waals surface area contributed by atoms with Crippen LogP contribution in [0.15, 0.2) is 24.3 Å². The Bertz CT molecular complexity index is 286. The predicted octanol–water partition coefficient (Wildman–Crippen LogP) is 2.22. The van der Waals surface area contributed by atoms with Crippen LogP contribution in [0.4, 0.5) is 5.69 Å². The number of para-hydroxylation sites is 2. The largest absolute Gasteiger partial charge is 0.495 e. The van der Waals surface area contributed by atoms with Crippen molar-refractivity contribution >= 4 is 17.4 Å². The molecule has 0 amide bonds. The van der Waals surface area contributed by atoms with Crippen molar-refractivity contribution in [1.29, 1.82) is 0 Å². The molecule has 0 aromatic heterocycles. The van der Waals surface area contributed by atoms with Gasteiger partial charge in [0.15, 0.2) is 0 Å². The van der Waals surface area contributed by atoms with E-state index in [1.54, 1.807) is 7.11 Å². The molecular formula is C10H13NOS. The quantitative estimate of drug-likeness (QED) is 0.799. The molecule has 1 saturated heterocycles. The van der Waals surface area contributed by atoms with Gasteiger partial charge in [0.05, 0.1) is 12.8 Å². The van der Waals surface area contributed by atoms with Crippen molar-refractivity contribution < 1.29 is 4.74 Å². The standard InChI is InChI=1S/C10H13NOS/c1-12-10-5-3-2-4-9(10)11-8-6-13-7-8/h2-5,8,11H,6-7H2,1H3. The molecule has 1 heterocycles. The van der Waals surface area contributed by atoms with E-state index in [-0.39, 0.29) is 0 Å². The minimum absolute atomic E-state index is 0.626. The van der Waals surface area contributed by atoms with Crippen LogP contribution >= 0.6 is 11.8 Å². The first-order valence-corrected chi connectivity index (χ1v) is 5.53. The third-order valence-electron chi connectivity index (χ3n) is 2.10. The molecule has 1 fully saturated rings. The first-order valence-electron chi connectivity index (χ1n) is 4.37. The Kier molecular flexibility index (Phi) is 2.64. The van der Waals surface area contributed by atoms with Crippen LogP contribution in [0.3, 0.4) is 0 Å². The van der Waals surface area contributed by atoms with Gasteiger partial charge in [-0.3, -0.25) is 0 Å². The summed E-state index contributed by atoms with van der Waals surface area (Å²) in [5.41, 5.74) is 1.11. The lowest BCUT2D eigenvalue weighted by molar-refractivity contribution is 0.416. The highest BCUT2D eigenvalue weighted by Crippen LogP contribution is 2.28. The average Bonchev–Trinajstić information content (AvgIpc) is 2.12. The summed E-state index contributed by atoms with van der Waals surface area (Å²) in [4.78, 5) is 0. The second-order valence-corrected chi connectivity index (χ2v) is 4.15. The lowest BCUT2D eigenvalue weighted by atomic mass is 10.2. The molecule has 0 saturated carbocycles. The zero-order valence-electron chi connectivity index (χ0n) is 7.62. The van der Waals surface area contributed by atoms with Crippen LogP contribution in [0, 0.1) is 0 Å². The Morgan fingerprint density at radius 1 is 1.38 bits per heavy atom. The third-order valence-corrected chi connectivity index (χ3v) is 3.38. The van der Waals surface area contributed by atoms with E-state index in [2.05, 4.69) is 11.4 Å². The predicted molar refractivity (Wildman–Crippen MR) is 57.7 cm³/mol. The van der Waals surface area contributed by atoms with Crippen molar-refractivity contribution in [3.05, 3.63) is 24.3 Å². The van der Waals surface area contributed by atoms with Crippen molar-refractivity contribution in [1.82, 2.24) is 0 Å². The number of hydrogen-bond acceptors (Lipinski definition) is 3. The molecule has 1 aliphatic rings. The molecule has 1 aromatic rings. The molecule has 1 aromatic carbocycles. The van der Waals surface area contributed by atoms with Crippen molar-refractivity contribution in [3.63, 3.8) is 0 Å². The van der Waals surface area contributed by atoms with Crippen molar-refractivity contribution in [2.45, 2.75) is 6.04 Å². The second kappa shape index (κ2) is 3.92. The summed E-state index contributed by atoms with van der Waals surface area (Å²) in [7, 11) is 1.70. The van der Waals surface area contributed by atoms with E-state index >= 15 is 0 Å². The Hall–Kier alpha value is -0.830. The van der Waals surface area contributed by atoms with Gasteiger partial charge in [0.25, 0.3) is 0 Å². The van der Waals surface area contributed by atoms with Crippen LogP contribution in [0.5, 0.6) is 5.75 Å². The van der Waals surface area contributed by atoms with Gasteiger partial charge in [-0.2, -0.15) is 11.8 Å². The number of nitrogens with one attached hydrogen (secondary N) is 1. The van der Waals surface area contributed by atoms with Crippen molar-refractivity contribution in [2.24, 2.45) is 0 Å². The highest BCUT2D eigenvalue weighted by Gasteiger charge is 2.18. The third kappa shape index (κ3) is 1.91. The van der Waals surface area contributed by atoms with Gasteiger partial charge in [-0.15, -0.1) is 0 Å². The minimum Gasteiger partial charge on any atom is -0.495 e. The molecule has 70 valence electrons. The highest BCUT2D eigenvalue weighted by atomic mass is 32.2. The molecule has 0 unspecified atom stereocenters. The number of hydrogen-bond donors (Lipinski definition) is 1. The van der Waals surface area contributed by atoms with Gasteiger partial charge in [0, 0.05) is 17.5 Å². The Labute approximate surface area is 82.7 Å². The Balaban J connectivity index is 2.08. The highest BCUT2D eigenvalue weighted by molar-refractivity contribution is 8.00. The molecule has 1 aliphatic heterocycles. The van der Waals surface area contributed by atoms with Crippen LogP contribution in [0.25, 0.3) is 0 Å². The van der Waals surface area contributed by atoms with Crippen LogP contribution in [0.2, 0.25) is 0 Å². The molecule has 2 nitrogen and oxygen atoms in total. The number of rotatable bonds is 3. The first kappa shape index (κ1) is 8.75. The van der Waals surface area contributed by atoms with Crippen LogP contribution in [-0.4, -0.2) is 24.7 Å². The van der Waals surface area contributed by atoms with Crippen LogP contribution < -0.4 is 10.1 Å². The van der Waals surface area contributed by atoms with E-state index in [1.807, 2.05) is 30.0 Å². The molecular weight excluding hydrogens is 182 g/mol. The number of anilines is 1. The van der Waals surface area contributed by atoms with E-state index in [0.717, 1.165) is 11.4 Å². The fraction of sp³-hybridized carbons (Fsp3) is 0.400. The van der Waals surface area contributed by atoms with Crippen LogP contribution in [0.1, 0.15) is 0 Å². The summed E-state index contributed by atoms with van der Waals surface area (Å²) in [6, 6.07) is 8.67. The van der Waals surface area contributed by atoms with Gasteiger partial charge in [0.2, 0.25) is 0 Å². The average molecular weight is 195 g/mol. The maximum absolute atomic E-state index is 5.25. The number of methoxy groups -OCH3 is 1. The maximum atomic E-state index is 5.25. The molecule has 2 rings (SSSR count). The van der Waals surface area contributed by atoms with Gasteiger partial charge in [0.1, 0.15) is 5.75 Å². The SMILES string of the molecule is COc1ccccc1NC1CSC1. The summed E-state index contributed by atoms with van der Waals surface area (Å²) in [6.07, 6.45) is 0. The zero-order valence-corrected chi connectivity index (χ0v) is 8.43. The number of benzene rings is 1. The van der Waals surface area contributed by atoms with Crippen LogP contribution in [-0.2, 0) is 0 Å². The first-order chi connectivity index (χ1) is 6.40. The zero-order chi connectivity index (χ0) is 9.10. The minimum atomic E-state index is 0.626. The number of thioether (sulfide) groups is 1. The topological polar surface area (TPSA) is 21.3 Å². The molecule has 0 aliphatic carbocycles. The van der Waals surface area contributed by atoms with E-state index in [9.17, 15) is 0 Å². The molecule has 1 N–H and O–H groups in total.